The fourth-order valence-corrected chi connectivity index (χ4v) is 2.01. The lowest BCUT2D eigenvalue weighted by Crippen LogP contribution is -2.39. The summed E-state index contributed by atoms with van der Waals surface area (Å²) in [4.78, 5) is 0. The maximum Gasteiger partial charge on any atom is 0.0765 e. The molecule has 0 aliphatic carbocycles. The number of rotatable bonds is 7. The van der Waals surface area contributed by atoms with Crippen LogP contribution in [-0.2, 0) is 4.74 Å². The van der Waals surface area contributed by atoms with Crippen LogP contribution in [0.4, 0.5) is 0 Å². The molecule has 3 nitrogen and oxygen atoms in total. The molecule has 0 aliphatic rings. The summed E-state index contributed by atoms with van der Waals surface area (Å²) in [6.07, 6.45) is 0.635. The van der Waals surface area contributed by atoms with Crippen LogP contribution in [0.5, 0.6) is 0 Å². The first-order chi connectivity index (χ1) is 8.44. The number of hydrogen-bond acceptors (Lipinski definition) is 3. The van der Waals surface area contributed by atoms with Gasteiger partial charge in [0.1, 0.15) is 0 Å². The van der Waals surface area contributed by atoms with Crippen molar-refractivity contribution in [2.75, 3.05) is 20.3 Å². The summed E-state index contributed by atoms with van der Waals surface area (Å²) in [5.74, 6) is 0. The molecule has 0 saturated heterocycles. The van der Waals surface area contributed by atoms with Crippen molar-refractivity contribution in [3.63, 3.8) is 0 Å². The van der Waals surface area contributed by atoms with E-state index in [1.807, 2.05) is 6.92 Å². The number of aliphatic hydroxyl groups is 1. The Balaban J connectivity index is 2.45. The molecule has 0 radical (unpaired) electrons. The van der Waals surface area contributed by atoms with E-state index in [2.05, 4.69) is 59.1 Å². The molecule has 0 spiro atoms. The smallest absolute Gasteiger partial charge is 0.0765 e. The van der Waals surface area contributed by atoms with Gasteiger partial charge < -0.3 is 15.2 Å². The van der Waals surface area contributed by atoms with Crippen LogP contribution in [0.1, 0.15) is 31.9 Å². The highest BCUT2D eigenvalue weighted by Crippen LogP contribution is 2.16. The predicted molar refractivity (Wildman–Crippen MR) is 82.7 cm³/mol. The van der Waals surface area contributed by atoms with Crippen LogP contribution in [0.2, 0.25) is 0 Å². The van der Waals surface area contributed by atoms with E-state index < -0.39 is 5.60 Å². The maximum absolute atomic E-state index is 10.1. The van der Waals surface area contributed by atoms with E-state index in [-0.39, 0.29) is 6.04 Å². The molecule has 102 valence electrons. The molecule has 0 fully saturated rings. The van der Waals surface area contributed by atoms with Crippen molar-refractivity contribution in [2.45, 2.75) is 31.9 Å². The first kappa shape index (κ1) is 15.9. The second-order valence-electron chi connectivity index (χ2n) is 4.89. The van der Waals surface area contributed by atoms with Crippen LogP contribution < -0.4 is 5.32 Å². The van der Waals surface area contributed by atoms with Crippen molar-refractivity contribution >= 4 is 22.6 Å². The van der Waals surface area contributed by atoms with Gasteiger partial charge in [0.05, 0.1) is 5.60 Å². The van der Waals surface area contributed by atoms with Gasteiger partial charge in [0.25, 0.3) is 0 Å². The van der Waals surface area contributed by atoms with E-state index in [1.54, 1.807) is 7.11 Å². The van der Waals surface area contributed by atoms with Crippen molar-refractivity contribution in [1.29, 1.82) is 0 Å². The Hall–Kier alpha value is -0.170. The summed E-state index contributed by atoms with van der Waals surface area (Å²) in [5, 5.41) is 13.5. The lowest BCUT2D eigenvalue weighted by molar-refractivity contribution is 0.0231. The maximum atomic E-state index is 10.1. The van der Waals surface area contributed by atoms with Crippen LogP contribution in [0.3, 0.4) is 0 Å². The van der Waals surface area contributed by atoms with Crippen LogP contribution in [0, 0.1) is 3.57 Å². The molecule has 2 atom stereocenters. The fourth-order valence-electron chi connectivity index (χ4n) is 1.65. The molecule has 18 heavy (non-hydrogen) atoms. The zero-order valence-corrected chi connectivity index (χ0v) is 13.4. The molecule has 2 N–H and O–H groups in total. The Kier molecular flexibility index (Phi) is 6.55. The Morgan fingerprint density at radius 1 is 1.39 bits per heavy atom. The number of benzene rings is 1. The third-order valence-electron chi connectivity index (χ3n) is 3.00. The first-order valence-corrected chi connectivity index (χ1v) is 7.22. The van der Waals surface area contributed by atoms with Crippen LogP contribution in [0.25, 0.3) is 0 Å². The molecule has 0 saturated carbocycles. The lowest BCUT2D eigenvalue weighted by Gasteiger charge is -2.26. The highest BCUT2D eigenvalue weighted by molar-refractivity contribution is 14.1. The summed E-state index contributed by atoms with van der Waals surface area (Å²) >= 11 is 2.29. The molecular formula is C14H22INO2. The van der Waals surface area contributed by atoms with E-state index in [4.69, 9.17) is 4.74 Å². The average molecular weight is 363 g/mol. The van der Waals surface area contributed by atoms with Gasteiger partial charge in [-0.15, -0.1) is 0 Å². The molecule has 1 aromatic carbocycles. The fraction of sp³-hybridized carbons (Fsp3) is 0.571. The van der Waals surface area contributed by atoms with Crippen LogP contribution in [-0.4, -0.2) is 31.0 Å². The molecule has 0 heterocycles. The summed E-state index contributed by atoms with van der Waals surface area (Å²) in [6, 6.07) is 8.65. The largest absolute Gasteiger partial charge is 0.389 e. The zero-order chi connectivity index (χ0) is 13.6. The number of halogens is 1. The third kappa shape index (κ3) is 5.65. The summed E-state index contributed by atoms with van der Waals surface area (Å²) in [7, 11) is 1.65. The molecule has 0 bridgehead atoms. The molecule has 1 aromatic rings. The van der Waals surface area contributed by atoms with Gasteiger partial charge in [0.15, 0.2) is 0 Å². The van der Waals surface area contributed by atoms with Gasteiger partial charge in [-0.3, -0.25) is 0 Å². The van der Waals surface area contributed by atoms with Crippen molar-refractivity contribution in [1.82, 2.24) is 5.32 Å². The number of ether oxygens (including phenoxy) is 1. The topological polar surface area (TPSA) is 41.5 Å². The molecule has 1 rings (SSSR count). The summed E-state index contributed by atoms with van der Waals surface area (Å²) < 4.78 is 6.23. The second-order valence-corrected chi connectivity index (χ2v) is 6.14. The molecule has 0 aliphatic heterocycles. The van der Waals surface area contributed by atoms with Crippen molar-refractivity contribution in [3.8, 4) is 0 Å². The van der Waals surface area contributed by atoms with Gasteiger partial charge in [-0.25, -0.2) is 0 Å². The highest BCUT2D eigenvalue weighted by atomic mass is 127. The second kappa shape index (κ2) is 7.43. The molecule has 0 amide bonds. The van der Waals surface area contributed by atoms with Gasteiger partial charge in [-0.05, 0) is 54.1 Å². The number of hydrogen-bond donors (Lipinski definition) is 2. The summed E-state index contributed by atoms with van der Waals surface area (Å²) in [5.41, 5.74) is 0.506. The van der Waals surface area contributed by atoms with Gasteiger partial charge in [0, 0.05) is 36.3 Å². The standard InChI is InChI=1S/C14H22INO2/c1-11(12-4-6-13(15)7-5-12)16-10-14(2,17)8-9-18-3/h4-7,11,16-17H,8-10H2,1-3H3. The van der Waals surface area contributed by atoms with Crippen molar-refractivity contribution < 1.29 is 9.84 Å². The number of nitrogens with one attached hydrogen (secondary N) is 1. The minimum atomic E-state index is -0.729. The quantitative estimate of drug-likeness (QED) is 0.732. The van der Waals surface area contributed by atoms with Gasteiger partial charge in [0.2, 0.25) is 0 Å². The normalized spacial score (nSPS) is 16.3. The van der Waals surface area contributed by atoms with Gasteiger partial charge in [-0.2, -0.15) is 0 Å². The Labute approximate surface area is 123 Å². The highest BCUT2D eigenvalue weighted by Gasteiger charge is 2.20. The third-order valence-corrected chi connectivity index (χ3v) is 3.72. The lowest BCUT2D eigenvalue weighted by atomic mass is 10.0. The molecule has 4 heteroatoms. The van der Waals surface area contributed by atoms with E-state index in [1.165, 1.54) is 9.13 Å². The van der Waals surface area contributed by atoms with Gasteiger partial charge >= 0.3 is 0 Å². The number of methoxy groups -OCH3 is 1. The van der Waals surface area contributed by atoms with E-state index in [9.17, 15) is 5.11 Å². The van der Waals surface area contributed by atoms with Crippen molar-refractivity contribution in [2.24, 2.45) is 0 Å². The Bertz CT molecular complexity index is 351. The van der Waals surface area contributed by atoms with E-state index in [0.29, 0.717) is 19.6 Å². The minimum Gasteiger partial charge on any atom is -0.389 e. The van der Waals surface area contributed by atoms with E-state index >= 15 is 0 Å². The van der Waals surface area contributed by atoms with Gasteiger partial charge in [-0.1, -0.05) is 12.1 Å². The van der Waals surface area contributed by atoms with Crippen molar-refractivity contribution in [3.05, 3.63) is 33.4 Å². The zero-order valence-electron chi connectivity index (χ0n) is 11.2. The predicted octanol–water partition coefficient (Wildman–Crippen LogP) is 2.73. The minimum absolute atomic E-state index is 0.232. The van der Waals surface area contributed by atoms with Crippen LogP contribution in [0.15, 0.2) is 24.3 Å². The average Bonchev–Trinajstić information content (AvgIpc) is 2.35. The Morgan fingerprint density at radius 2 is 2.00 bits per heavy atom. The van der Waals surface area contributed by atoms with Crippen LogP contribution >= 0.6 is 22.6 Å². The first-order valence-electron chi connectivity index (χ1n) is 6.15. The summed E-state index contributed by atoms with van der Waals surface area (Å²) in [6.45, 7) is 5.07. The Morgan fingerprint density at radius 3 is 2.56 bits per heavy atom. The monoisotopic (exact) mass is 363 g/mol. The SMILES string of the molecule is COCCC(C)(O)CNC(C)c1ccc(I)cc1. The molecule has 2 unspecified atom stereocenters. The van der Waals surface area contributed by atoms with E-state index in [0.717, 1.165) is 0 Å². The molecule has 0 aromatic heterocycles. The molecular weight excluding hydrogens is 341 g/mol.